The van der Waals surface area contributed by atoms with Crippen molar-refractivity contribution in [3.8, 4) is 0 Å². The molecular weight excluding hydrogens is 645 g/mol. The first-order valence-corrected chi connectivity index (χ1v) is 23.3. The Kier molecular flexibility index (Phi) is 37.5. The Bertz CT molecular complexity index is 646. The van der Waals surface area contributed by atoms with Crippen LogP contribution in [-0.4, -0.2) is 112 Å². The van der Waals surface area contributed by atoms with Gasteiger partial charge in [-0.2, -0.15) is 0 Å². The predicted octanol–water partition coefficient (Wildman–Crippen LogP) is 11.6. The molecule has 2 unspecified atom stereocenters. The Labute approximate surface area is 327 Å². The fourth-order valence-corrected chi connectivity index (χ4v) is 7.74. The van der Waals surface area contributed by atoms with E-state index in [1.165, 1.54) is 167 Å². The lowest BCUT2D eigenvalue weighted by molar-refractivity contribution is -0.899. The highest BCUT2D eigenvalue weighted by Crippen LogP contribution is 2.15. The van der Waals surface area contributed by atoms with Gasteiger partial charge in [0.15, 0.2) is 0 Å². The van der Waals surface area contributed by atoms with E-state index in [2.05, 4.69) is 42.0 Å². The number of quaternary nitrogens is 2. The number of aliphatic hydroxyl groups excluding tert-OH is 2. The Balaban J connectivity index is 3.66. The summed E-state index contributed by atoms with van der Waals surface area (Å²) in [6.07, 6.45) is 39.7. The van der Waals surface area contributed by atoms with Gasteiger partial charge in [0.25, 0.3) is 0 Å². The lowest BCUT2D eigenvalue weighted by Gasteiger charge is -2.34. The molecule has 0 spiro atoms. The molecule has 0 rings (SSSR count). The van der Waals surface area contributed by atoms with Crippen molar-refractivity contribution >= 4 is 0 Å². The van der Waals surface area contributed by atoms with Crippen LogP contribution in [0.3, 0.4) is 0 Å². The largest absolute Gasteiger partial charge is 0.385 e. The maximum Gasteiger partial charge on any atom is 0.126 e. The van der Waals surface area contributed by atoms with Crippen molar-refractivity contribution in [2.45, 2.75) is 219 Å². The molecule has 0 amide bonds. The van der Waals surface area contributed by atoms with Gasteiger partial charge in [0.2, 0.25) is 0 Å². The topological polar surface area (TPSA) is 58.9 Å². The van der Waals surface area contributed by atoms with Crippen LogP contribution >= 0.6 is 0 Å². The molecule has 0 aromatic carbocycles. The zero-order valence-electron chi connectivity index (χ0n) is 36.6. The van der Waals surface area contributed by atoms with Crippen molar-refractivity contribution in [3.63, 3.8) is 0 Å². The average molecular weight is 743 g/mol. The third-order valence-corrected chi connectivity index (χ3v) is 11.1. The lowest BCUT2D eigenvalue weighted by Crippen LogP contribution is -2.49. The van der Waals surface area contributed by atoms with Crippen molar-refractivity contribution in [3.05, 3.63) is 0 Å². The van der Waals surface area contributed by atoms with Crippen molar-refractivity contribution in [2.24, 2.45) is 0 Å². The average Bonchev–Trinajstić information content (AvgIpc) is 3.09. The van der Waals surface area contributed by atoms with Crippen LogP contribution in [-0.2, 0) is 9.47 Å². The number of nitrogens with zero attached hydrogens (tertiary/aromatic N) is 2. The number of hydrogen-bond acceptors (Lipinski definition) is 4. The van der Waals surface area contributed by atoms with Crippen LogP contribution < -0.4 is 0 Å². The summed E-state index contributed by atoms with van der Waals surface area (Å²) in [6, 6.07) is 0. The lowest BCUT2D eigenvalue weighted by atomic mass is 10.0. The maximum atomic E-state index is 10.6. The first-order valence-electron chi connectivity index (χ1n) is 23.3. The van der Waals surface area contributed by atoms with E-state index in [0.717, 1.165) is 74.0 Å². The second-order valence-corrected chi connectivity index (χ2v) is 18.0. The van der Waals surface area contributed by atoms with Gasteiger partial charge in [0.1, 0.15) is 25.3 Å². The smallest absolute Gasteiger partial charge is 0.126 e. The molecule has 0 aliphatic carbocycles. The minimum absolute atomic E-state index is 0.409. The SMILES string of the molecule is CCCCCCCCCCCCCCCCOCC(O)C[N+](C)(C)CCCC[N+](C)(C)CC(O)COCCCCCCCCCCCCCCCC. The quantitative estimate of drug-likeness (QED) is 0.0482. The van der Waals surface area contributed by atoms with Crippen LogP contribution in [0.1, 0.15) is 206 Å². The first kappa shape index (κ1) is 51.8. The fourth-order valence-electron chi connectivity index (χ4n) is 7.74. The summed E-state index contributed by atoms with van der Waals surface area (Å²) >= 11 is 0. The highest BCUT2D eigenvalue weighted by atomic mass is 16.5. The molecule has 6 heteroatoms. The minimum atomic E-state index is -0.409. The number of likely N-dealkylation sites (N-methyl/N-ethyl adjacent to an activating group) is 2. The molecule has 0 aromatic rings. The predicted molar refractivity (Wildman–Crippen MR) is 227 cm³/mol. The molecule has 52 heavy (non-hydrogen) atoms. The van der Waals surface area contributed by atoms with Crippen molar-refractivity contribution < 1.29 is 28.7 Å². The molecule has 314 valence electrons. The van der Waals surface area contributed by atoms with E-state index in [9.17, 15) is 10.2 Å². The van der Waals surface area contributed by atoms with Crippen LogP contribution in [0, 0.1) is 0 Å². The van der Waals surface area contributed by atoms with E-state index in [0.29, 0.717) is 13.2 Å². The van der Waals surface area contributed by atoms with Gasteiger partial charge in [-0.1, -0.05) is 181 Å². The van der Waals surface area contributed by atoms with Gasteiger partial charge in [-0.3, -0.25) is 0 Å². The van der Waals surface area contributed by atoms with Crippen molar-refractivity contribution in [2.75, 3.05) is 80.8 Å². The first-order chi connectivity index (χ1) is 25.1. The summed E-state index contributed by atoms with van der Waals surface area (Å²) in [5.74, 6) is 0. The molecule has 2 atom stereocenters. The van der Waals surface area contributed by atoms with E-state index < -0.39 is 12.2 Å². The second kappa shape index (κ2) is 37.7. The Morgan fingerprint density at radius 3 is 0.827 bits per heavy atom. The molecule has 0 bridgehead atoms. The third-order valence-electron chi connectivity index (χ3n) is 11.1. The number of hydrogen-bond donors (Lipinski definition) is 2. The van der Waals surface area contributed by atoms with E-state index in [1.54, 1.807) is 0 Å². The highest BCUT2D eigenvalue weighted by Gasteiger charge is 2.23. The molecule has 0 aliphatic rings. The second-order valence-electron chi connectivity index (χ2n) is 18.0. The van der Waals surface area contributed by atoms with Crippen molar-refractivity contribution in [1.29, 1.82) is 0 Å². The Hall–Kier alpha value is -0.240. The minimum Gasteiger partial charge on any atom is -0.385 e. The van der Waals surface area contributed by atoms with E-state index >= 15 is 0 Å². The van der Waals surface area contributed by atoms with Gasteiger partial charge in [0, 0.05) is 26.1 Å². The van der Waals surface area contributed by atoms with Crippen LogP contribution in [0.5, 0.6) is 0 Å². The Morgan fingerprint density at radius 1 is 0.346 bits per heavy atom. The van der Waals surface area contributed by atoms with Crippen molar-refractivity contribution in [1.82, 2.24) is 0 Å². The van der Waals surface area contributed by atoms with E-state index in [1.807, 2.05) is 0 Å². The third kappa shape index (κ3) is 39.5. The summed E-state index contributed by atoms with van der Waals surface area (Å²) in [4.78, 5) is 0. The number of unbranched alkanes of at least 4 members (excludes halogenated alkanes) is 27. The molecule has 6 nitrogen and oxygen atoms in total. The summed E-state index contributed by atoms with van der Waals surface area (Å²) in [7, 11) is 8.87. The maximum absolute atomic E-state index is 10.6. The zero-order chi connectivity index (χ0) is 38.4. The number of ether oxygens (including phenoxy) is 2. The standard InChI is InChI=1S/C46H98N2O4/c1-7-9-11-13-15-17-19-21-23-25-27-29-31-35-39-51-43-45(49)41-47(3,4)37-33-34-38-48(5,6)42-46(50)44-52-40-36-32-30-28-26-24-22-20-18-16-14-12-10-8-2/h45-46,49-50H,7-44H2,1-6H3/q+2. The fraction of sp³-hybridized carbons (Fsp3) is 1.00. The molecule has 0 saturated carbocycles. The van der Waals surface area contributed by atoms with Crippen LogP contribution in [0.4, 0.5) is 0 Å². The molecule has 0 saturated heterocycles. The van der Waals surface area contributed by atoms with Gasteiger partial charge in [-0.25, -0.2) is 0 Å². The molecule has 0 aliphatic heterocycles. The molecule has 0 heterocycles. The van der Waals surface area contributed by atoms with Gasteiger partial charge >= 0.3 is 0 Å². The highest BCUT2D eigenvalue weighted by molar-refractivity contribution is 4.56. The van der Waals surface area contributed by atoms with Crippen LogP contribution in [0.2, 0.25) is 0 Å². The molecule has 2 N–H and O–H groups in total. The van der Waals surface area contributed by atoms with Gasteiger partial charge in [0.05, 0.1) is 54.5 Å². The van der Waals surface area contributed by atoms with E-state index in [4.69, 9.17) is 9.47 Å². The molecule has 0 fully saturated rings. The molecule has 0 aromatic heterocycles. The van der Waals surface area contributed by atoms with Gasteiger partial charge in [-0.15, -0.1) is 0 Å². The van der Waals surface area contributed by atoms with Crippen LogP contribution in [0.25, 0.3) is 0 Å². The van der Waals surface area contributed by atoms with Gasteiger partial charge in [-0.05, 0) is 12.8 Å². The van der Waals surface area contributed by atoms with Crippen LogP contribution in [0.15, 0.2) is 0 Å². The summed E-state index contributed by atoms with van der Waals surface area (Å²) in [5, 5.41) is 21.2. The number of rotatable bonds is 43. The monoisotopic (exact) mass is 743 g/mol. The number of aliphatic hydroxyl groups is 2. The summed E-state index contributed by atoms with van der Waals surface area (Å²) in [6.45, 7) is 10.6. The summed E-state index contributed by atoms with van der Waals surface area (Å²) < 4.78 is 13.3. The Morgan fingerprint density at radius 2 is 0.577 bits per heavy atom. The molecule has 0 radical (unpaired) electrons. The summed E-state index contributed by atoms with van der Waals surface area (Å²) in [5.41, 5.74) is 0. The zero-order valence-corrected chi connectivity index (χ0v) is 36.6. The van der Waals surface area contributed by atoms with Gasteiger partial charge < -0.3 is 28.7 Å². The normalized spacial score (nSPS) is 13.6. The molecular formula is C46H98N2O4+2. The van der Waals surface area contributed by atoms with E-state index in [-0.39, 0.29) is 0 Å².